The van der Waals surface area contributed by atoms with Crippen LogP contribution in [0.25, 0.3) is 15.5 Å². The molecule has 0 radical (unpaired) electrons. The van der Waals surface area contributed by atoms with Gasteiger partial charge in [-0.2, -0.15) is 9.61 Å². The summed E-state index contributed by atoms with van der Waals surface area (Å²) in [5.74, 6) is 1.30. The van der Waals surface area contributed by atoms with Crippen molar-refractivity contribution in [2.75, 3.05) is 39.9 Å². The molecule has 0 atom stereocenters. The zero-order valence-corrected chi connectivity index (χ0v) is 21.2. The summed E-state index contributed by atoms with van der Waals surface area (Å²) in [6.45, 7) is 3.08. The van der Waals surface area contributed by atoms with Crippen molar-refractivity contribution in [3.63, 3.8) is 0 Å². The summed E-state index contributed by atoms with van der Waals surface area (Å²) in [4.78, 5) is 34.4. The van der Waals surface area contributed by atoms with Crippen LogP contribution in [-0.2, 0) is 11.3 Å². The molecular weight excluding hydrogens is 502 g/mol. The lowest BCUT2D eigenvalue weighted by Gasteiger charge is -2.34. The Bertz CT molecular complexity index is 1410. The molecule has 5 rings (SSSR count). The third kappa shape index (κ3) is 5.51. The Morgan fingerprint density at radius 2 is 1.72 bits per heavy atom. The third-order valence-corrected chi connectivity index (χ3v) is 7.13. The average Bonchev–Trinajstić information content (AvgIpc) is 3.33. The topological polar surface area (TPSA) is 89.3 Å². The summed E-state index contributed by atoms with van der Waals surface area (Å²) in [7, 11) is 1.60. The molecule has 1 saturated heterocycles. The van der Waals surface area contributed by atoms with Gasteiger partial charge in [0.25, 0.3) is 11.5 Å². The number of piperazine rings is 1. The normalized spacial score (nSPS) is 14.2. The number of carbonyl (C=O) groups is 1. The number of fused-ring (bicyclic) bond motifs is 1. The van der Waals surface area contributed by atoms with Crippen LogP contribution in [0.4, 0.5) is 0 Å². The highest BCUT2D eigenvalue weighted by Crippen LogP contribution is 2.25. The van der Waals surface area contributed by atoms with Gasteiger partial charge in [-0.25, -0.2) is 4.98 Å². The maximum Gasteiger partial charge on any atom is 0.275 e. The van der Waals surface area contributed by atoms with Gasteiger partial charge in [-0.3, -0.25) is 14.5 Å². The van der Waals surface area contributed by atoms with E-state index in [9.17, 15) is 9.59 Å². The van der Waals surface area contributed by atoms with E-state index in [1.807, 2.05) is 12.1 Å². The monoisotopic (exact) mass is 525 g/mol. The van der Waals surface area contributed by atoms with Crippen molar-refractivity contribution in [2.24, 2.45) is 0 Å². The van der Waals surface area contributed by atoms with Gasteiger partial charge in [0.05, 0.1) is 12.8 Å². The molecule has 1 fully saturated rings. The minimum Gasteiger partial charge on any atom is -0.497 e. The average molecular weight is 526 g/mol. The van der Waals surface area contributed by atoms with Gasteiger partial charge in [-0.15, -0.1) is 0 Å². The van der Waals surface area contributed by atoms with Crippen LogP contribution >= 0.6 is 22.9 Å². The van der Waals surface area contributed by atoms with Gasteiger partial charge in [0, 0.05) is 49.4 Å². The van der Waals surface area contributed by atoms with Crippen LogP contribution in [0.15, 0.2) is 59.4 Å². The van der Waals surface area contributed by atoms with Gasteiger partial charge in [-0.05, 0) is 36.4 Å². The second kappa shape index (κ2) is 10.7. The molecule has 1 aliphatic rings. The first kappa shape index (κ1) is 24.2. The van der Waals surface area contributed by atoms with Crippen LogP contribution < -0.4 is 15.0 Å². The van der Waals surface area contributed by atoms with Crippen molar-refractivity contribution < 1.29 is 14.3 Å². The minimum atomic E-state index is -0.212. The van der Waals surface area contributed by atoms with Gasteiger partial charge in [0.1, 0.15) is 16.5 Å². The maximum absolute atomic E-state index is 12.7. The van der Waals surface area contributed by atoms with Crippen LogP contribution in [0.2, 0.25) is 5.02 Å². The van der Waals surface area contributed by atoms with Crippen molar-refractivity contribution >= 4 is 33.8 Å². The van der Waals surface area contributed by atoms with Gasteiger partial charge in [0.2, 0.25) is 4.96 Å². The molecule has 9 nitrogen and oxygen atoms in total. The van der Waals surface area contributed by atoms with Gasteiger partial charge in [0.15, 0.2) is 6.61 Å². The molecule has 0 saturated carbocycles. The van der Waals surface area contributed by atoms with Crippen LogP contribution in [-0.4, -0.2) is 70.2 Å². The largest absolute Gasteiger partial charge is 0.497 e. The first-order chi connectivity index (χ1) is 17.5. The molecule has 11 heteroatoms. The number of benzene rings is 2. The Kier molecular flexibility index (Phi) is 7.17. The molecule has 4 aromatic rings. The quantitative estimate of drug-likeness (QED) is 0.366. The summed E-state index contributed by atoms with van der Waals surface area (Å²) in [6.07, 6.45) is 0. The zero-order chi connectivity index (χ0) is 25.1. The first-order valence-electron chi connectivity index (χ1n) is 11.4. The standard InChI is InChI=1S/C25H24ClN5O4S/c1-34-20-6-8-21(9-7-20)35-16-23(33)30-12-10-29(11-13-30)15-19-14-22(32)31-25(27-19)36-24(28-31)17-2-4-18(26)5-3-17/h2-9,14H,10-13,15-16H2,1H3. The van der Waals surface area contributed by atoms with Crippen molar-refractivity contribution in [1.29, 1.82) is 0 Å². The number of halogens is 1. The van der Waals surface area contributed by atoms with E-state index in [1.54, 1.807) is 48.4 Å². The van der Waals surface area contributed by atoms with E-state index in [0.717, 1.165) is 11.3 Å². The predicted octanol–water partition coefficient (Wildman–Crippen LogP) is 3.20. The van der Waals surface area contributed by atoms with Gasteiger partial charge < -0.3 is 14.4 Å². The van der Waals surface area contributed by atoms with Crippen molar-refractivity contribution in [3.05, 3.63) is 75.7 Å². The molecule has 0 spiro atoms. The van der Waals surface area contributed by atoms with Crippen molar-refractivity contribution in [2.45, 2.75) is 6.54 Å². The molecule has 1 aliphatic heterocycles. The molecule has 186 valence electrons. The summed E-state index contributed by atoms with van der Waals surface area (Å²) in [6, 6.07) is 16.0. The molecule has 3 heterocycles. The number of amides is 1. The molecule has 2 aromatic carbocycles. The van der Waals surface area contributed by atoms with Gasteiger partial charge in [-0.1, -0.05) is 35.1 Å². The molecule has 0 aliphatic carbocycles. The lowest BCUT2D eigenvalue weighted by molar-refractivity contribution is -0.135. The van der Waals surface area contributed by atoms with Crippen LogP contribution in [0.1, 0.15) is 5.69 Å². The van der Waals surface area contributed by atoms with Crippen molar-refractivity contribution in [1.82, 2.24) is 24.4 Å². The van der Waals surface area contributed by atoms with E-state index >= 15 is 0 Å². The number of nitrogens with zero attached hydrogens (tertiary/aromatic N) is 5. The number of hydrogen-bond acceptors (Lipinski definition) is 8. The highest BCUT2D eigenvalue weighted by molar-refractivity contribution is 7.19. The molecule has 2 aromatic heterocycles. The molecular formula is C25H24ClN5O4S. The Morgan fingerprint density at radius 3 is 2.42 bits per heavy atom. The molecule has 0 bridgehead atoms. The molecule has 0 unspecified atom stereocenters. The van der Waals surface area contributed by atoms with E-state index in [0.29, 0.717) is 59.2 Å². The van der Waals surface area contributed by atoms with Crippen LogP contribution in [0.3, 0.4) is 0 Å². The van der Waals surface area contributed by atoms with Crippen LogP contribution in [0.5, 0.6) is 11.5 Å². The Labute approximate surface area is 216 Å². The summed E-state index contributed by atoms with van der Waals surface area (Å²) >= 11 is 7.33. The highest BCUT2D eigenvalue weighted by Gasteiger charge is 2.22. The highest BCUT2D eigenvalue weighted by atomic mass is 35.5. The Balaban J connectivity index is 1.17. The number of aromatic nitrogens is 3. The SMILES string of the molecule is COc1ccc(OCC(=O)N2CCN(Cc3cc(=O)n4nc(-c5ccc(Cl)cc5)sc4n3)CC2)cc1. The zero-order valence-electron chi connectivity index (χ0n) is 19.6. The second-order valence-electron chi connectivity index (χ2n) is 8.32. The van der Waals surface area contributed by atoms with Crippen molar-refractivity contribution in [3.8, 4) is 22.1 Å². The van der Waals surface area contributed by atoms with E-state index in [-0.39, 0.29) is 18.1 Å². The fraction of sp³-hybridized carbons (Fsp3) is 0.280. The predicted molar refractivity (Wildman–Crippen MR) is 138 cm³/mol. The number of ether oxygens (including phenoxy) is 2. The Morgan fingerprint density at radius 1 is 1.03 bits per heavy atom. The second-order valence-corrected chi connectivity index (χ2v) is 9.71. The van der Waals surface area contributed by atoms with E-state index in [4.69, 9.17) is 21.1 Å². The minimum absolute atomic E-state index is 0.0113. The van der Waals surface area contributed by atoms with Crippen LogP contribution in [0, 0.1) is 0 Å². The van der Waals surface area contributed by atoms with Gasteiger partial charge >= 0.3 is 0 Å². The molecule has 36 heavy (non-hydrogen) atoms. The summed E-state index contributed by atoms with van der Waals surface area (Å²) < 4.78 is 12.1. The van der Waals surface area contributed by atoms with E-state index in [1.165, 1.54) is 21.9 Å². The fourth-order valence-electron chi connectivity index (χ4n) is 3.94. The number of hydrogen-bond donors (Lipinski definition) is 0. The number of rotatable bonds is 7. The lowest BCUT2D eigenvalue weighted by Crippen LogP contribution is -2.49. The summed E-state index contributed by atoms with van der Waals surface area (Å²) in [5, 5.41) is 5.77. The third-order valence-electron chi connectivity index (χ3n) is 5.92. The smallest absolute Gasteiger partial charge is 0.275 e. The molecule has 1 amide bonds. The maximum atomic E-state index is 12.7. The first-order valence-corrected chi connectivity index (χ1v) is 12.6. The number of carbonyl (C=O) groups excluding carboxylic acids is 1. The number of methoxy groups -OCH3 is 1. The van der Waals surface area contributed by atoms with E-state index in [2.05, 4.69) is 15.0 Å². The fourth-order valence-corrected chi connectivity index (χ4v) is 4.99. The molecule has 0 N–H and O–H groups in total. The lowest BCUT2D eigenvalue weighted by atomic mass is 10.2. The Hall–Kier alpha value is -3.47. The van der Waals surface area contributed by atoms with E-state index < -0.39 is 0 Å². The summed E-state index contributed by atoms with van der Waals surface area (Å²) in [5.41, 5.74) is 1.36.